The van der Waals surface area contributed by atoms with Crippen molar-refractivity contribution in [3.63, 3.8) is 0 Å². The van der Waals surface area contributed by atoms with Gasteiger partial charge in [0.15, 0.2) is 0 Å². The average Bonchev–Trinajstić information content (AvgIpc) is 2.48. The molecule has 20 heavy (non-hydrogen) atoms. The Morgan fingerprint density at radius 3 is 2.85 bits per heavy atom. The van der Waals surface area contributed by atoms with Gasteiger partial charge in [-0.1, -0.05) is 12.1 Å². The number of hydrogen-bond acceptors (Lipinski definition) is 4. The van der Waals surface area contributed by atoms with Crippen molar-refractivity contribution in [1.29, 1.82) is 0 Å². The molecule has 0 aliphatic heterocycles. The monoisotopic (exact) mass is 285 g/mol. The van der Waals surface area contributed by atoms with Crippen LogP contribution in [0.15, 0.2) is 57.5 Å². The van der Waals surface area contributed by atoms with Crippen LogP contribution in [0.2, 0.25) is 0 Å². The second-order valence-electron chi connectivity index (χ2n) is 4.28. The van der Waals surface area contributed by atoms with Crippen molar-refractivity contribution in [2.24, 2.45) is 0 Å². The Morgan fingerprint density at radius 1 is 1.10 bits per heavy atom. The first-order chi connectivity index (χ1) is 9.72. The Hall–Kier alpha value is -2.34. The van der Waals surface area contributed by atoms with Gasteiger partial charge in [-0.15, -0.1) is 11.8 Å². The molecule has 0 spiro atoms. The quantitative estimate of drug-likeness (QED) is 0.569. The first-order valence-corrected chi connectivity index (χ1v) is 6.98. The summed E-state index contributed by atoms with van der Waals surface area (Å²) in [4.78, 5) is 31.2. The lowest BCUT2D eigenvalue weighted by Gasteiger charge is -2.03. The van der Waals surface area contributed by atoms with Gasteiger partial charge in [0.1, 0.15) is 0 Å². The molecule has 0 radical (unpaired) electrons. The summed E-state index contributed by atoms with van der Waals surface area (Å²) in [5, 5.41) is 2.87. The molecule has 3 aromatic rings. The number of nitrogens with zero attached hydrogens (tertiary/aromatic N) is 1. The van der Waals surface area contributed by atoms with Gasteiger partial charge < -0.3 is 9.97 Å². The number of aromatic amines is 2. The van der Waals surface area contributed by atoms with Crippen molar-refractivity contribution >= 4 is 22.5 Å². The molecule has 0 amide bonds. The first kappa shape index (κ1) is 12.7. The van der Waals surface area contributed by atoms with E-state index in [0.717, 1.165) is 16.3 Å². The topological polar surface area (TPSA) is 78.6 Å². The number of rotatable bonds is 3. The zero-order chi connectivity index (χ0) is 13.9. The molecule has 0 fully saturated rings. The molecule has 1 aromatic carbocycles. The Kier molecular flexibility index (Phi) is 3.39. The van der Waals surface area contributed by atoms with E-state index in [1.807, 2.05) is 24.4 Å². The van der Waals surface area contributed by atoms with E-state index >= 15 is 0 Å². The molecule has 5 nitrogen and oxygen atoms in total. The average molecular weight is 285 g/mol. The molecule has 3 rings (SSSR count). The summed E-state index contributed by atoms with van der Waals surface area (Å²) in [5.74, 6) is 0.701. The molecule has 0 saturated carbocycles. The van der Waals surface area contributed by atoms with Gasteiger partial charge in [0, 0.05) is 29.7 Å². The summed E-state index contributed by atoms with van der Waals surface area (Å²) < 4.78 is 0. The summed E-state index contributed by atoms with van der Waals surface area (Å²) in [6, 6.07) is 8.12. The van der Waals surface area contributed by atoms with Crippen molar-refractivity contribution in [3.8, 4) is 0 Å². The number of hydrogen-bond donors (Lipinski definition) is 2. The molecule has 2 N–H and O–H groups in total. The highest BCUT2D eigenvalue weighted by molar-refractivity contribution is 7.98. The third kappa shape index (κ3) is 2.65. The van der Waals surface area contributed by atoms with Crippen LogP contribution in [0.4, 0.5) is 0 Å². The minimum atomic E-state index is -0.633. The lowest BCUT2D eigenvalue weighted by atomic mass is 10.1. The van der Waals surface area contributed by atoms with Crippen LogP contribution in [0, 0.1) is 0 Å². The van der Waals surface area contributed by atoms with Crippen LogP contribution in [-0.2, 0) is 5.75 Å². The molecular weight excluding hydrogens is 274 g/mol. The van der Waals surface area contributed by atoms with Crippen LogP contribution in [0.3, 0.4) is 0 Å². The van der Waals surface area contributed by atoms with Crippen LogP contribution >= 0.6 is 11.8 Å². The zero-order valence-electron chi connectivity index (χ0n) is 10.4. The number of aromatic nitrogens is 3. The van der Waals surface area contributed by atoms with Gasteiger partial charge in [-0.2, -0.15) is 0 Å². The van der Waals surface area contributed by atoms with Crippen LogP contribution < -0.4 is 11.1 Å². The number of pyridine rings is 1. The third-order valence-corrected chi connectivity index (χ3v) is 3.89. The molecule has 0 unspecified atom stereocenters. The van der Waals surface area contributed by atoms with E-state index in [-0.39, 0.29) is 0 Å². The van der Waals surface area contributed by atoms with Gasteiger partial charge in [-0.05, 0) is 23.1 Å². The maximum Gasteiger partial charge on any atom is 0.314 e. The van der Waals surface area contributed by atoms with Crippen LogP contribution in [-0.4, -0.2) is 15.0 Å². The lowest BCUT2D eigenvalue weighted by Crippen LogP contribution is -2.28. The summed E-state index contributed by atoms with van der Waals surface area (Å²) in [7, 11) is 0. The van der Waals surface area contributed by atoms with E-state index in [0.29, 0.717) is 10.8 Å². The standard InChI is InChI=1S/C14H11N3O2S/c18-13-14(19)17-12(7-16-13)20-8-9-1-2-10-3-4-15-6-11(10)5-9/h1-7H,8H2,(H,16,18)(H,17,19). The normalized spacial score (nSPS) is 10.8. The van der Waals surface area contributed by atoms with Gasteiger partial charge in [-0.25, -0.2) is 0 Å². The van der Waals surface area contributed by atoms with Crippen molar-refractivity contribution in [1.82, 2.24) is 15.0 Å². The number of nitrogens with one attached hydrogen (secondary N) is 2. The SMILES string of the molecule is O=c1[nH]cc(SCc2ccc3ccncc3c2)[nH]c1=O. The minimum Gasteiger partial charge on any atom is -0.322 e. The van der Waals surface area contributed by atoms with E-state index < -0.39 is 11.1 Å². The fourth-order valence-corrected chi connectivity index (χ4v) is 2.67. The van der Waals surface area contributed by atoms with Gasteiger partial charge in [-0.3, -0.25) is 14.6 Å². The number of fused-ring (bicyclic) bond motifs is 1. The highest BCUT2D eigenvalue weighted by atomic mass is 32.2. The maximum absolute atomic E-state index is 11.2. The van der Waals surface area contributed by atoms with Crippen LogP contribution in [0.5, 0.6) is 0 Å². The Labute approximate surface area is 118 Å². The van der Waals surface area contributed by atoms with Gasteiger partial charge in [0.2, 0.25) is 0 Å². The number of thioether (sulfide) groups is 1. The molecule has 0 aliphatic rings. The largest absolute Gasteiger partial charge is 0.322 e. The van der Waals surface area contributed by atoms with E-state index in [1.165, 1.54) is 18.0 Å². The molecule has 2 heterocycles. The molecule has 0 bridgehead atoms. The van der Waals surface area contributed by atoms with Gasteiger partial charge in [0.05, 0.1) is 5.03 Å². The van der Waals surface area contributed by atoms with E-state index in [9.17, 15) is 9.59 Å². The van der Waals surface area contributed by atoms with E-state index in [1.54, 1.807) is 6.20 Å². The highest BCUT2D eigenvalue weighted by Crippen LogP contribution is 2.21. The summed E-state index contributed by atoms with van der Waals surface area (Å²) in [6.07, 6.45) is 5.10. The Bertz CT molecular complexity index is 870. The number of H-pyrrole nitrogens is 2. The predicted molar refractivity (Wildman–Crippen MR) is 79.0 cm³/mol. The zero-order valence-corrected chi connectivity index (χ0v) is 11.2. The van der Waals surface area contributed by atoms with Crippen LogP contribution in [0.1, 0.15) is 5.56 Å². The number of benzene rings is 1. The van der Waals surface area contributed by atoms with Crippen LogP contribution in [0.25, 0.3) is 10.8 Å². The maximum atomic E-state index is 11.2. The Balaban J connectivity index is 1.81. The molecule has 100 valence electrons. The first-order valence-electron chi connectivity index (χ1n) is 6.00. The molecule has 0 aliphatic carbocycles. The van der Waals surface area contributed by atoms with Crippen molar-refractivity contribution in [2.75, 3.05) is 0 Å². The molecule has 0 saturated heterocycles. The molecule has 6 heteroatoms. The highest BCUT2D eigenvalue weighted by Gasteiger charge is 2.01. The lowest BCUT2D eigenvalue weighted by molar-refractivity contribution is 0.971. The Morgan fingerprint density at radius 2 is 2.00 bits per heavy atom. The van der Waals surface area contributed by atoms with Crippen molar-refractivity contribution < 1.29 is 0 Å². The summed E-state index contributed by atoms with van der Waals surface area (Å²) in [6.45, 7) is 0. The second kappa shape index (κ2) is 5.34. The fraction of sp³-hybridized carbons (Fsp3) is 0.0714. The summed E-state index contributed by atoms with van der Waals surface area (Å²) in [5.41, 5.74) is -0.133. The van der Waals surface area contributed by atoms with Crippen molar-refractivity contribution in [3.05, 3.63) is 69.1 Å². The predicted octanol–water partition coefficient (Wildman–Crippen LogP) is 1.90. The third-order valence-electron chi connectivity index (χ3n) is 2.88. The van der Waals surface area contributed by atoms with E-state index in [4.69, 9.17) is 0 Å². The molecule has 2 aromatic heterocycles. The van der Waals surface area contributed by atoms with Crippen molar-refractivity contribution in [2.45, 2.75) is 10.8 Å². The van der Waals surface area contributed by atoms with Gasteiger partial charge in [0.25, 0.3) is 0 Å². The summed E-state index contributed by atoms with van der Waals surface area (Å²) >= 11 is 1.46. The fourth-order valence-electron chi connectivity index (χ4n) is 1.86. The van der Waals surface area contributed by atoms with Gasteiger partial charge >= 0.3 is 11.1 Å². The smallest absolute Gasteiger partial charge is 0.314 e. The molecular formula is C14H11N3O2S. The minimum absolute atomic E-state index is 0.627. The molecule has 0 atom stereocenters. The second-order valence-corrected chi connectivity index (χ2v) is 5.30. The van der Waals surface area contributed by atoms with E-state index in [2.05, 4.69) is 21.0 Å².